The van der Waals surface area contributed by atoms with Crippen molar-refractivity contribution < 1.29 is 14.3 Å². The van der Waals surface area contributed by atoms with E-state index in [1.807, 2.05) is 0 Å². The first-order valence-electron chi connectivity index (χ1n) is 9.87. The number of aliphatic hydroxyl groups excluding tert-OH is 1. The van der Waals surface area contributed by atoms with Crippen molar-refractivity contribution in [3.05, 3.63) is 17.8 Å². The van der Waals surface area contributed by atoms with Gasteiger partial charge in [-0.05, 0) is 12.3 Å². The molecule has 0 aromatic carbocycles. The number of amides is 1. The number of hydrogen-bond donors (Lipinski definition) is 2. The fraction of sp³-hybridized carbons (Fsp3) is 0.789. The second-order valence-electron chi connectivity index (χ2n) is 7.37. The van der Waals surface area contributed by atoms with Crippen LogP contribution in [0.1, 0.15) is 56.4 Å². The van der Waals surface area contributed by atoms with E-state index in [0.29, 0.717) is 30.6 Å². The minimum Gasteiger partial charge on any atom is -0.447 e. The number of hydrogen-bond acceptors (Lipinski definition) is 6. The van der Waals surface area contributed by atoms with E-state index in [1.54, 1.807) is 0 Å². The molecule has 148 valence electrons. The maximum Gasteiger partial charge on any atom is 0.273 e. The van der Waals surface area contributed by atoms with Crippen molar-refractivity contribution in [2.24, 2.45) is 5.92 Å². The highest BCUT2D eigenvalue weighted by Crippen LogP contribution is 2.10. The molecular weight excluding hydrogens is 332 g/mol. The first-order valence-corrected chi connectivity index (χ1v) is 9.87. The van der Waals surface area contributed by atoms with E-state index in [4.69, 9.17) is 4.42 Å². The van der Waals surface area contributed by atoms with Gasteiger partial charge in [0, 0.05) is 39.3 Å². The summed E-state index contributed by atoms with van der Waals surface area (Å²) in [5.41, 5.74) is 0.352. The lowest BCUT2D eigenvalue weighted by Gasteiger charge is -2.34. The highest BCUT2D eigenvalue weighted by atomic mass is 16.3. The number of oxazole rings is 1. The van der Waals surface area contributed by atoms with Gasteiger partial charge in [0.1, 0.15) is 6.26 Å². The number of carbonyl (C=O) groups excluding carboxylic acids is 1. The van der Waals surface area contributed by atoms with Crippen LogP contribution in [0.5, 0.6) is 0 Å². The van der Waals surface area contributed by atoms with Crippen LogP contribution in [0, 0.1) is 5.92 Å². The lowest BCUT2D eigenvalue weighted by atomic mass is 10.1. The van der Waals surface area contributed by atoms with Crippen LogP contribution in [-0.4, -0.2) is 71.2 Å². The Balaban J connectivity index is 1.73. The topological polar surface area (TPSA) is 81.8 Å². The zero-order chi connectivity index (χ0) is 18.9. The molecule has 7 nitrogen and oxygen atoms in total. The molecule has 0 saturated carbocycles. The van der Waals surface area contributed by atoms with Gasteiger partial charge in [0.15, 0.2) is 5.69 Å². The largest absolute Gasteiger partial charge is 0.447 e. The maximum absolute atomic E-state index is 12.1. The van der Waals surface area contributed by atoms with Crippen LogP contribution >= 0.6 is 0 Å². The molecule has 0 aliphatic carbocycles. The number of rotatable bonds is 10. The number of piperazine rings is 1. The second-order valence-corrected chi connectivity index (χ2v) is 7.37. The maximum atomic E-state index is 12.1. The number of β-amino-alcohol motifs (C(OH)–C–C–N with tert-alkyl or cyclic N) is 1. The molecule has 0 radical (unpaired) electrons. The molecule has 0 unspecified atom stereocenters. The first-order chi connectivity index (χ1) is 12.5. The van der Waals surface area contributed by atoms with E-state index in [9.17, 15) is 9.90 Å². The molecule has 2 rings (SSSR count). The summed E-state index contributed by atoms with van der Waals surface area (Å²) in [7, 11) is 0. The number of nitrogens with one attached hydrogen (secondary N) is 1. The Morgan fingerprint density at radius 3 is 2.65 bits per heavy atom. The van der Waals surface area contributed by atoms with Gasteiger partial charge in [-0.2, -0.15) is 0 Å². The van der Waals surface area contributed by atoms with Crippen LogP contribution in [0.25, 0.3) is 0 Å². The molecule has 26 heavy (non-hydrogen) atoms. The van der Waals surface area contributed by atoms with Crippen molar-refractivity contribution in [3.8, 4) is 0 Å². The molecule has 1 aliphatic heterocycles. The van der Waals surface area contributed by atoms with Gasteiger partial charge in [0.2, 0.25) is 5.89 Å². The monoisotopic (exact) mass is 366 g/mol. The Morgan fingerprint density at radius 2 is 2.00 bits per heavy atom. The van der Waals surface area contributed by atoms with E-state index in [-0.39, 0.29) is 12.0 Å². The molecule has 1 fully saturated rings. The summed E-state index contributed by atoms with van der Waals surface area (Å²) in [6.45, 7) is 12.0. The Bertz CT molecular complexity index is 541. The quantitative estimate of drug-likeness (QED) is 0.656. The highest BCUT2D eigenvalue weighted by molar-refractivity contribution is 5.91. The Morgan fingerprint density at radius 1 is 1.31 bits per heavy atom. The number of aromatic nitrogens is 1. The molecule has 1 amide bonds. The first kappa shape index (κ1) is 20.9. The molecule has 1 aromatic heterocycles. The summed E-state index contributed by atoms with van der Waals surface area (Å²) in [5.74, 6) is 0.866. The molecule has 1 saturated heterocycles. The molecule has 1 aromatic rings. The van der Waals surface area contributed by atoms with Crippen molar-refractivity contribution >= 4 is 5.91 Å². The van der Waals surface area contributed by atoms with Crippen LogP contribution in [0.3, 0.4) is 0 Å². The van der Waals surface area contributed by atoms with Gasteiger partial charge in [-0.25, -0.2) is 4.98 Å². The van der Waals surface area contributed by atoms with Crippen molar-refractivity contribution in [1.82, 2.24) is 20.1 Å². The smallest absolute Gasteiger partial charge is 0.273 e. The number of nitrogens with zero attached hydrogens (tertiary/aromatic N) is 3. The molecular formula is C19H34N4O3. The number of aliphatic hydroxyl groups is 1. The molecule has 2 N–H and O–H groups in total. The van der Waals surface area contributed by atoms with Crippen LogP contribution in [0.15, 0.2) is 10.7 Å². The van der Waals surface area contributed by atoms with E-state index < -0.39 is 0 Å². The van der Waals surface area contributed by atoms with Crippen LogP contribution in [0.4, 0.5) is 0 Å². The van der Waals surface area contributed by atoms with Gasteiger partial charge in [0.25, 0.3) is 5.91 Å². The third kappa shape index (κ3) is 6.70. The van der Waals surface area contributed by atoms with Crippen LogP contribution in [0.2, 0.25) is 0 Å². The fourth-order valence-electron chi connectivity index (χ4n) is 3.03. The molecule has 7 heteroatoms. The van der Waals surface area contributed by atoms with Gasteiger partial charge < -0.3 is 14.8 Å². The zero-order valence-corrected chi connectivity index (χ0v) is 16.4. The molecule has 1 aliphatic rings. The van der Waals surface area contributed by atoms with Crippen LogP contribution < -0.4 is 5.32 Å². The van der Waals surface area contributed by atoms with Gasteiger partial charge in [0.05, 0.1) is 12.6 Å². The molecule has 2 atom stereocenters. The Labute approximate surface area is 156 Å². The van der Waals surface area contributed by atoms with Crippen molar-refractivity contribution in [2.45, 2.75) is 52.7 Å². The summed E-state index contributed by atoms with van der Waals surface area (Å²) in [5, 5.41) is 12.8. The minimum atomic E-state index is -0.227. The predicted molar refractivity (Wildman–Crippen MR) is 101 cm³/mol. The normalized spacial score (nSPS) is 18.6. The van der Waals surface area contributed by atoms with Crippen molar-refractivity contribution in [1.29, 1.82) is 0 Å². The fourth-order valence-corrected chi connectivity index (χ4v) is 3.03. The van der Waals surface area contributed by atoms with Crippen molar-refractivity contribution in [2.75, 3.05) is 39.3 Å². The summed E-state index contributed by atoms with van der Waals surface area (Å²) >= 11 is 0. The van der Waals surface area contributed by atoms with E-state index in [1.165, 1.54) is 6.26 Å². The lowest BCUT2D eigenvalue weighted by Crippen LogP contribution is -2.48. The van der Waals surface area contributed by atoms with Gasteiger partial charge in [-0.1, -0.05) is 33.6 Å². The summed E-state index contributed by atoms with van der Waals surface area (Å²) in [4.78, 5) is 21.0. The third-order valence-electron chi connectivity index (χ3n) is 5.01. The highest BCUT2D eigenvalue weighted by Gasteiger charge is 2.21. The van der Waals surface area contributed by atoms with E-state index in [0.717, 1.165) is 52.0 Å². The van der Waals surface area contributed by atoms with Gasteiger partial charge in [-0.15, -0.1) is 0 Å². The van der Waals surface area contributed by atoms with E-state index in [2.05, 4.69) is 40.9 Å². The van der Waals surface area contributed by atoms with Crippen LogP contribution in [-0.2, 0) is 6.54 Å². The standard InChI is InChI=1S/C19H34N4O3/c1-4-6-16(24)12-22-7-9-23(10-8-22)13-18-21-17(14-26-18)19(25)20-11-15(3)5-2/h14-16,24H,4-13H2,1-3H3,(H,20,25)/t15-,16-/m1/s1. The van der Waals surface area contributed by atoms with Gasteiger partial charge in [-0.3, -0.25) is 14.6 Å². The summed E-state index contributed by atoms with van der Waals surface area (Å²) in [6.07, 6.45) is 4.12. The molecule has 2 heterocycles. The third-order valence-corrected chi connectivity index (χ3v) is 5.01. The SMILES string of the molecule is CCC[C@@H](O)CN1CCN(Cc2nc(C(=O)NC[C@H](C)CC)co2)CC1. The van der Waals surface area contributed by atoms with E-state index >= 15 is 0 Å². The molecule has 0 spiro atoms. The van der Waals surface area contributed by atoms with Gasteiger partial charge >= 0.3 is 0 Å². The lowest BCUT2D eigenvalue weighted by molar-refractivity contribution is 0.0634. The number of carbonyl (C=O) groups is 1. The average molecular weight is 367 g/mol. The zero-order valence-electron chi connectivity index (χ0n) is 16.4. The second kappa shape index (κ2) is 10.6. The van der Waals surface area contributed by atoms with Crippen molar-refractivity contribution in [3.63, 3.8) is 0 Å². The average Bonchev–Trinajstić information content (AvgIpc) is 3.09. The molecule has 0 bridgehead atoms. The Hall–Kier alpha value is -1.44. The summed E-state index contributed by atoms with van der Waals surface area (Å²) < 4.78 is 5.48. The Kier molecular flexibility index (Phi) is 8.54. The minimum absolute atomic E-state index is 0.171. The summed E-state index contributed by atoms with van der Waals surface area (Å²) in [6, 6.07) is 0. The predicted octanol–water partition coefficient (Wildman–Crippen LogP) is 1.73.